The Morgan fingerprint density at radius 3 is 2.91 bits per heavy atom. The lowest BCUT2D eigenvalue weighted by Crippen LogP contribution is -2.40. The molecule has 1 aromatic rings. The van der Waals surface area contributed by atoms with E-state index in [0.717, 1.165) is 32.4 Å². The van der Waals surface area contributed by atoms with Crippen LogP contribution in [-0.4, -0.2) is 58.9 Å². The van der Waals surface area contributed by atoms with Crippen LogP contribution in [0.25, 0.3) is 0 Å². The van der Waals surface area contributed by atoms with Crippen molar-refractivity contribution in [2.45, 2.75) is 30.1 Å². The number of aromatic nitrogens is 1. The van der Waals surface area contributed by atoms with Gasteiger partial charge in [-0.05, 0) is 56.7 Å². The van der Waals surface area contributed by atoms with Crippen molar-refractivity contribution in [1.82, 2.24) is 14.8 Å². The lowest BCUT2D eigenvalue weighted by Gasteiger charge is -2.30. The monoisotopic (exact) mass is 319 g/mol. The first-order valence-corrected chi connectivity index (χ1v) is 9.21. The number of likely N-dealkylation sites (tertiary alicyclic amines) is 1. The van der Waals surface area contributed by atoms with Gasteiger partial charge < -0.3 is 4.90 Å². The highest BCUT2D eigenvalue weighted by atomic mass is 32.2. The van der Waals surface area contributed by atoms with Gasteiger partial charge in [-0.25, -0.2) is 0 Å². The molecule has 1 aliphatic heterocycles. The minimum Gasteiger partial charge on any atom is -0.344 e. The van der Waals surface area contributed by atoms with Crippen LogP contribution < -0.4 is 0 Å². The van der Waals surface area contributed by atoms with Gasteiger partial charge in [0.15, 0.2) is 0 Å². The molecule has 2 fully saturated rings. The van der Waals surface area contributed by atoms with E-state index in [1.807, 2.05) is 30.4 Å². The normalized spacial score (nSPS) is 26.9. The van der Waals surface area contributed by atoms with E-state index in [0.29, 0.717) is 17.9 Å². The Kier molecular flexibility index (Phi) is 4.46. The van der Waals surface area contributed by atoms with Gasteiger partial charge in [0.1, 0.15) is 0 Å². The molecule has 5 heteroatoms. The molecule has 1 amide bonds. The highest BCUT2D eigenvalue weighted by Gasteiger charge is 2.51. The summed E-state index contributed by atoms with van der Waals surface area (Å²) in [4.78, 5) is 21.3. The maximum Gasteiger partial charge on any atom is 0.238 e. The number of carbonyl (C=O) groups is 1. The number of nitrogens with zero attached hydrogens (tertiary/aromatic N) is 3. The Hall–Kier alpha value is -1.07. The molecule has 0 radical (unpaired) electrons. The zero-order chi connectivity index (χ0) is 15.7. The average Bonchev–Trinajstić information content (AvgIpc) is 3.26. The number of rotatable bonds is 5. The first-order valence-electron chi connectivity index (χ1n) is 7.98. The number of hydrogen-bond donors (Lipinski definition) is 0. The molecular formula is C17H25N3OS. The molecule has 4 nitrogen and oxygen atoms in total. The predicted octanol–water partition coefficient (Wildman–Crippen LogP) is 2.43. The van der Waals surface area contributed by atoms with Gasteiger partial charge in [-0.2, -0.15) is 0 Å². The van der Waals surface area contributed by atoms with Crippen LogP contribution in [0, 0.1) is 5.92 Å². The van der Waals surface area contributed by atoms with E-state index in [1.165, 1.54) is 5.56 Å². The minimum atomic E-state index is -0.108. The first kappa shape index (κ1) is 15.8. The third-order valence-corrected chi connectivity index (χ3v) is 6.50. The summed E-state index contributed by atoms with van der Waals surface area (Å²) >= 11 is 1.72. The van der Waals surface area contributed by atoms with Crippen LogP contribution in [0.1, 0.15) is 30.9 Å². The summed E-state index contributed by atoms with van der Waals surface area (Å²) in [7, 11) is 4.14. The van der Waals surface area contributed by atoms with Gasteiger partial charge >= 0.3 is 0 Å². The maximum atomic E-state index is 12.6. The van der Waals surface area contributed by atoms with Crippen LogP contribution >= 0.6 is 11.8 Å². The van der Waals surface area contributed by atoms with Crippen molar-refractivity contribution in [3.63, 3.8) is 0 Å². The lowest BCUT2D eigenvalue weighted by molar-refractivity contribution is -0.130. The van der Waals surface area contributed by atoms with Crippen LogP contribution in [-0.2, 0) is 4.79 Å². The zero-order valence-electron chi connectivity index (χ0n) is 13.7. The van der Waals surface area contributed by atoms with Crippen LogP contribution in [0.2, 0.25) is 0 Å². The van der Waals surface area contributed by atoms with E-state index in [2.05, 4.69) is 29.3 Å². The van der Waals surface area contributed by atoms with Crippen molar-refractivity contribution in [2.75, 3.05) is 33.4 Å². The molecule has 2 atom stereocenters. The fourth-order valence-corrected chi connectivity index (χ4v) is 4.54. The Morgan fingerprint density at radius 2 is 2.32 bits per heavy atom. The topological polar surface area (TPSA) is 36.4 Å². The van der Waals surface area contributed by atoms with Crippen molar-refractivity contribution in [3.8, 4) is 0 Å². The van der Waals surface area contributed by atoms with E-state index in [9.17, 15) is 4.79 Å². The standard InChI is InChI=1S/C17H25N3OS/c1-19-10-6-14(15(19)13-5-4-9-18-11-13)12-20(2)16(21)17(22-3)7-8-17/h4-5,9,11,14-15H,6-8,10,12H2,1-3H3/t14-,15-/m0/s1. The van der Waals surface area contributed by atoms with Gasteiger partial charge in [0.2, 0.25) is 5.91 Å². The second-order valence-corrected chi connectivity index (χ2v) is 7.83. The van der Waals surface area contributed by atoms with Crippen molar-refractivity contribution in [3.05, 3.63) is 30.1 Å². The summed E-state index contributed by atoms with van der Waals surface area (Å²) in [6.45, 7) is 1.92. The molecule has 22 heavy (non-hydrogen) atoms. The molecule has 3 rings (SSSR count). The first-order chi connectivity index (χ1) is 10.6. The molecule has 1 aliphatic carbocycles. The van der Waals surface area contributed by atoms with Crippen molar-refractivity contribution >= 4 is 17.7 Å². The smallest absolute Gasteiger partial charge is 0.238 e. The molecule has 1 saturated heterocycles. The van der Waals surface area contributed by atoms with Gasteiger partial charge in [-0.1, -0.05) is 6.07 Å². The van der Waals surface area contributed by atoms with Crippen molar-refractivity contribution in [2.24, 2.45) is 5.92 Å². The SMILES string of the molecule is CSC1(C(=O)N(C)C[C@@H]2CCN(C)[C@H]2c2cccnc2)CC1. The average molecular weight is 319 g/mol. The lowest BCUT2D eigenvalue weighted by atomic mass is 9.94. The molecule has 0 aromatic carbocycles. The highest BCUT2D eigenvalue weighted by molar-refractivity contribution is 8.01. The molecule has 0 bridgehead atoms. The van der Waals surface area contributed by atoms with E-state index in [4.69, 9.17) is 0 Å². The molecule has 1 aromatic heterocycles. The van der Waals surface area contributed by atoms with E-state index in [-0.39, 0.29) is 4.75 Å². The van der Waals surface area contributed by atoms with Crippen LogP contribution in [0.3, 0.4) is 0 Å². The molecule has 0 spiro atoms. The van der Waals surface area contributed by atoms with Gasteiger partial charge in [0, 0.05) is 32.0 Å². The van der Waals surface area contributed by atoms with Crippen molar-refractivity contribution in [1.29, 1.82) is 0 Å². The minimum absolute atomic E-state index is 0.108. The Morgan fingerprint density at radius 1 is 1.55 bits per heavy atom. The summed E-state index contributed by atoms with van der Waals surface area (Å²) in [5.74, 6) is 0.806. The summed E-state index contributed by atoms with van der Waals surface area (Å²) in [5.41, 5.74) is 1.26. The molecule has 0 unspecified atom stereocenters. The molecule has 120 valence electrons. The Balaban J connectivity index is 1.70. The predicted molar refractivity (Wildman–Crippen MR) is 90.8 cm³/mol. The second-order valence-electron chi connectivity index (χ2n) is 6.64. The molecule has 2 aliphatic rings. The third kappa shape index (κ3) is 2.88. The van der Waals surface area contributed by atoms with Crippen LogP contribution in [0.15, 0.2) is 24.5 Å². The number of pyridine rings is 1. The third-order valence-electron chi connectivity index (χ3n) is 5.14. The molecular weight excluding hydrogens is 294 g/mol. The van der Waals surface area contributed by atoms with E-state index >= 15 is 0 Å². The molecule has 1 saturated carbocycles. The summed E-state index contributed by atoms with van der Waals surface area (Å²) in [5, 5.41) is 0. The summed E-state index contributed by atoms with van der Waals surface area (Å²) in [6, 6.07) is 4.52. The molecule has 2 heterocycles. The highest BCUT2D eigenvalue weighted by Crippen LogP contribution is 2.48. The van der Waals surface area contributed by atoms with E-state index in [1.54, 1.807) is 11.8 Å². The number of hydrogen-bond acceptors (Lipinski definition) is 4. The quantitative estimate of drug-likeness (QED) is 0.835. The number of carbonyl (C=O) groups excluding carboxylic acids is 1. The molecule has 0 N–H and O–H groups in total. The number of thioether (sulfide) groups is 1. The van der Waals surface area contributed by atoms with Crippen molar-refractivity contribution < 1.29 is 4.79 Å². The summed E-state index contributed by atoms with van der Waals surface area (Å²) in [6.07, 6.45) is 9.05. The Bertz CT molecular complexity index is 532. The van der Waals surface area contributed by atoms with Gasteiger partial charge in [0.05, 0.1) is 4.75 Å². The Labute approximate surface area is 137 Å². The van der Waals surface area contributed by atoms with E-state index < -0.39 is 0 Å². The van der Waals surface area contributed by atoms with Crippen LogP contribution in [0.5, 0.6) is 0 Å². The number of amides is 1. The maximum absolute atomic E-state index is 12.6. The zero-order valence-corrected chi connectivity index (χ0v) is 14.5. The van der Waals surface area contributed by atoms with Gasteiger partial charge in [0.25, 0.3) is 0 Å². The van der Waals surface area contributed by atoms with Gasteiger partial charge in [-0.3, -0.25) is 14.7 Å². The second kappa shape index (κ2) is 6.20. The fraction of sp³-hybridized carbons (Fsp3) is 0.647. The largest absolute Gasteiger partial charge is 0.344 e. The fourth-order valence-electron chi connectivity index (χ4n) is 3.70. The summed E-state index contributed by atoms with van der Waals surface area (Å²) < 4.78 is -0.108. The van der Waals surface area contributed by atoms with Crippen LogP contribution in [0.4, 0.5) is 0 Å². The van der Waals surface area contributed by atoms with Gasteiger partial charge in [-0.15, -0.1) is 11.8 Å².